The van der Waals surface area contributed by atoms with Crippen molar-refractivity contribution in [3.8, 4) is 0 Å². The molecule has 0 aliphatic heterocycles. The van der Waals surface area contributed by atoms with Gasteiger partial charge in [0, 0.05) is 12.1 Å². The van der Waals surface area contributed by atoms with E-state index in [-0.39, 0.29) is 5.91 Å². The van der Waals surface area contributed by atoms with E-state index in [1.165, 1.54) is 31.2 Å². The van der Waals surface area contributed by atoms with E-state index in [4.69, 9.17) is 0 Å². The van der Waals surface area contributed by atoms with E-state index in [0.717, 1.165) is 23.1 Å². The summed E-state index contributed by atoms with van der Waals surface area (Å²) in [5.74, 6) is 2.59. The third-order valence-corrected chi connectivity index (χ3v) is 4.99. The highest BCUT2D eigenvalue weighted by Gasteiger charge is 2.40. The highest BCUT2D eigenvalue weighted by molar-refractivity contribution is 5.91. The van der Waals surface area contributed by atoms with Crippen molar-refractivity contribution in [2.45, 2.75) is 46.0 Å². The third-order valence-electron chi connectivity index (χ3n) is 4.99. The summed E-state index contributed by atoms with van der Waals surface area (Å²) in [6.07, 6.45) is 6.13. The van der Waals surface area contributed by atoms with E-state index in [0.29, 0.717) is 12.3 Å². The van der Waals surface area contributed by atoms with Gasteiger partial charge in [0.15, 0.2) is 0 Å². The molecule has 2 saturated carbocycles. The zero-order valence-corrected chi connectivity index (χ0v) is 11.9. The van der Waals surface area contributed by atoms with Gasteiger partial charge in [-0.1, -0.05) is 24.1 Å². The smallest absolute Gasteiger partial charge is 0.224 e. The second-order valence-electron chi connectivity index (χ2n) is 6.51. The lowest BCUT2D eigenvalue weighted by Gasteiger charge is -2.21. The topological polar surface area (TPSA) is 29.1 Å². The second-order valence-corrected chi connectivity index (χ2v) is 6.51. The molecule has 0 heterocycles. The van der Waals surface area contributed by atoms with Gasteiger partial charge in [0.1, 0.15) is 0 Å². The number of carbonyl (C=O) groups is 1. The maximum Gasteiger partial charge on any atom is 0.224 e. The number of nitrogens with one attached hydrogen (secondary N) is 1. The summed E-state index contributed by atoms with van der Waals surface area (Å²) < 4.78 is 0. The molecule has 19 heavy (non-hydrogen) atoms. The lowest BCUT2D eigenvalue weighted by Crippen LogP contribution is -2.20. The molecule has 2 fully saturated rings. The number of fused-ring (bicyclic) bond motifs is 2. The molecular weight excluding hydrogens is 234 g/mol. The molecule has 2 nitrogen and oxygen atoms in total. The number of rotatable bonds is 3. The summed E-state index contributed by atoms with van der Waals surface area (Å²) in [5, 5.41) is 3.08. The summed E-state index contributed by atoms with van der Waals surface area (Å²) in [6.45, 7) is 4.13. The van der Waals surface area contributed by atoms with Crippen molar-refractivity contribution < 1.29 is 4.79 Å². The van der Waals surface area contributed by atoms with Crippen molar-refractivity contribution in [2.75, 3.05) is 5.32 Å². The lowest BCUT2D eigenvalue weighted by atomic mass is 9.86. The van der Waals surface area contributed by atoms with Crippen LogP contribution in [-0.4, -0.2) is 5.91 Å². The molecule has 0 aromatic heterocycles. The fourth-order valence-electron chi connectivity index (χ4n) is 4.02. The third kappa shape index (κ3) is 2.68. The molecule has 1 amide bonds. The molecule has 0 radical (unpaired) electrons. The zero-order valence-electron chi connectivity index (χ0n) is 11.9. The summed E-state index contributed by atoms with van der Waals surface area (Å²) in [7, 11) is 0. The Hall–Kier alpha value is -1.31. The first-order valence-electron chi connectivity index (χ1n) is 7.49. The first-order chi connectivity index (χ1) is 9.11. The van der Waals surface area contributed by atoms with E-state index >= 15 is 0 Å². The van der Waals surface area contributed by atoms with Crippen molar-refractivity contribution in [1.82, 2.24) is 0 Å². The van der Waals surface area contributed by atoms with Crippen LogP contribution in [0.5, 0.6) is 0 Å². The Labute approximate surface area is 115 Å². The molecule has 1 aromatic carbocycles. The normalized spacial score (nSPS) is 28.6. The molecular formula is C17H23NO. The Morgan fingerprint density at radius 1 is 1.26 bits per heavy atom. The van der Waals surface area contributed by atoms with Crippen LogP contribution in [0, 0.1) is 31.6 Å². The Bertz CT molecular complexity index is 494. The fourth-order valence-corrected chi connectivity index (χ4v) is 4.02. The number of benzene rings is 1. The standard InChI is InChI=1S/C17H23NO/c1-11-3-6-16(12(2)7-11)18-17(19)10-15-9-13-4-5-14(15)8-13/h3,6-7,13-15H,4-5,8-10H2,1-2H3,(H,18,19). The van der Waals surface area contributed by atoms with E-state index in [1.807, 2.05) is 6.07 Å². The van der Waals surface area contributed by atoms with Crippen LogP contribution >= 0.6 is 0 Å². The average molecular weight is 257 g/mol. The number of hydrogen-bond acceptors (Lipinski definition) is 1. The molecule has 2 aliphatic carbocycles. The van der Waals surface area contributed by atoms with E-state index in [9.17, 15) is 4.79 Å². The monoisotopic (exact) mass is 257 g/mol. The van der Waals surface area contributed by atoms with Crippen LogP contribution in [0.3, 0.4) is 0 Å². The maximum absolute atomic E-state index is 12.2. The highest BCUT2D eigenvalue weighted by atomic mass is 16.1. The minimum Gasteiger partial charge on any atom is -0.326 e. The molecule has 3 unspecified atom stereocenters. The van der Waals surface area contributed by atoms with Gasteiger partial charge >= 0.3 is 0 Å². The molecule has 3 rings (SSSR count). The van der Waals surface area contributed by atoms with Crippen molar-refractivity contribution in [3.63, 3.8) is 0 Å². The molecule has 3 atom stereocenters. The molecule has 0 spiro atoms. The Morgan fingerprint density at radius 2 is 2.11 bits per heavy atom. The molecule has 2 bridgehead atoms. The Balaban J connectivity index is 1.59. The summed E-state index contributed by atoms with van der Waals surface area (Å²) in [6, 6.07) is 6.19. The van der Waals surface area contributed by atoms with Crippen molar-refractivity contribution >= 4 is 11.6 Å². The molecule has 0 saturated heterocycles. The van der Waals surface area contributed by atoms with Crippen molar-refractivity contribution in [3.05, 3.63) is 29.3 Å². The summed E-state index contributed by atoms with van der Waals surface area (Å²) in [4.78, 5) is 12.2. The van der Waals surface area contributed by atoms with Crippen LogP contribution in [0.25, 0.3) is 0 Å². The van der Waals surface area contributed by atoms with Gasteiger partial charge in [-0.15, -0.1) is 0 Å². The largest absolute Gasteiger partial charge is 0.326 e. The summed E-state index contributed by atoms with van der Waals surface area (Å²) in [5.41, 5.74) is 3.36. The predicted molar refractivity (Wildman–Crippen MR) is 78.1 cm³/mol. The van der Waals surface area contributed by atoms with E-state index < -0.39 is 0 Å². The number of hydrogen-bond donors (Lipinski definition) is 1. The van der Waals surface area contributed by atoms with Crippen LogP contribution < -0.4 is 5.32 Å². The first-order valence-corrected chi connectivity index (χ1v) is 7.49. The molecule has 1 N–H and O–H groups in total. The average Bonchev–Trinajstić information content (AvgIpc) is 2.95. The number of aryl methyl sites for hydroxylation is 2. The minimum absolute atomic E-state index is 0.199. The SMILES string of the molecule is Cc1ccc(NC(=O)CC2CC3CCC2C3)c(C)c1. The second kappa shape index (κ2) is 4.99. The van der Waals surface area contributed by atoms with Gasteiger partial charge in [0.25, 0.3) is 0 Å². The Morgan fingerprint density at radius 3 is 2.74 bits per heavy atom. The van der Waals surface area contributed by atoms with Gasteiger partial charge in [-0.25, -0.2) is 0 Å². The van der Waals surface area contributed by atoms with E-state index in [2.05, 4.69) is 31.3 Å². The van der Waals surface area contributed by atoms with Gasteiger partial charge in [-0.2, -0.15) is 0 Å². The number of amides is 1. The quantitative estimate of drug-likeness (QED) is 0.869. The van der Waals surface area contributed by atoms with Crippen LogP contribution in [0.15, 0.2) is 18.2 Å². The lowest BCUT2D eigenvalue weighted by molar-refractivity contribution is -0.117. The Kier molecular flexibility index (Phi) is 3.34. The van der Waals surface area contributed by atoms with Gasteiger partial charge in [0.2, 0.25) is 5.91 Å². The fraction of sp³-hybridized carbons (Fsp3) is 0.588. The highest BCUT2D eigenvalue weighted by Crippen LogP contribution is 2.49. The van der Waals surface area contributed by atoms with Gasteiger partial charge in [-0.3, -0.25) is 4.79 Å². The maximum atomic E-state index is 12.2. The molecule has 2 heteroatoms. The number of carbonyl (C=O) groups excluding carboxylic acids is 1. The van der Waals surface area contributed by atoms with Gasteiger partial charge < -0.3 is 5.32 Å². The molecule has 102 valence electrons. The van der Waals surface area contributed by atoms with Gasteiger partial charge in [0.05, 0.1) is 0 Å². The van der Waals surface area contributed by atoms with Gasteiger partial charge in [-0.05, 0) is 62.5 Å². The molecule has 1 aromatic rings. The van der Waals surface area contributed by atoms with Crippen LogP contribution in [0.2, 0.25) is 0 Å². The van der Waals surface area contributed by atoms with Crippen LogP contribution in [0.1, 0.15) is 43.2 Å². The minimum atomic E-state index is 0.199. The van der Waals surface area contributed by atoms with Crippen molar-refractivity contribution in [2.24, 2.45) is 17.8 Å². The predicted octanol–water partition coefficient (Wildman–Crippen LogP) is 4.07. The van der Waals surface area contributed by atoms with Crippen LogP contribution in [0.4, 0.5) is 5.69 Å². The van der Waals surface area contributed by atoms with Crippen molar-refractivity contribution in [1.29, 1.82) is 0 Å². The first kappa shape index (κ1) is 12.7. The summed E-state index contributed by atoms with van der Waals surface area (Å²) >= 11 is 0. The number of anilines is 1. The zero-order chi connectivity index (χ0) is 13.4. The molecule has 2 aliphatic rings. The van der Waals surface area contributed by atoms with E-state index in [1.54, 1.807) is 0 Å². The van der Waals surface area contributed by atoms with Crippen LogP contribution in [-0.2, 0) is 4.79 Å².